The first-order valence-electron chi connectivity index (χ1n) is 8.67. The Morgan fingerprint density at radius 3 is 2.48 bits per heavy atom. The minimum atomic E-state index is 0.836. The van der Waals surface area contributed by atoms with E-state index in [1.165, 1.54) is 38.2 Å². The lowest BCUT2D eigenvalue weighted by atomic mass is 10.2. The number of rotatable bonds is 8. The topological polar surface area (TPSA) is 31.6 Å². The van der Waals surface area contributed by atoms with Crippen molar-refractivity contribution in [2.24, 2.45) is 0 Å². The van der Waals surface area contributed by atoms with E-state index in [-0.39, 0.29) is 0 Å². The van der Waals surface area contributed by atoms with Crippen LogP contribution in [0.4, 0.5) is 5.69 Å². The van der Waals surface area contributed by atoms with Crippen LogP contribution in [0.2, 0.25) is 0 Å². The summed E-state index contributed by atoms with van der Waals surface area (Å²) in [7, 11) is 0. The summed E-state index contributed by atoms with van der Waals surface area (Å²) in [6, 6.07) is 14.7. The van der Waals surface area contributed by atoms with E-state index < -0.39 is 0 Å². The zero-order chi connectivity index (χ0) is 15.7. The molecule has 23 heavy (non-hydrogen) atoms. The molecule has 2 aromatic rings. The Morgan fingerprint density at radius 2 is 1.74 bits per heavy atom. The fourth-order valence-electron chi connectivity index (χ4n) is 3.08. The van der Waals surface area contributed by atoms with Crippen molar-refractivity contribution in [2.45, 2.75) is 19.4 Å². The molecule has 1 aromatic carbocycles. The number of para-hydroxylation sites is 1. The molecule has 1 aliphatic heterocycles. The van der Waals surface area contributed by atoms with Crippen molar-refractivity contribution < 1.29 is 4.42 Å². The summed E-state index contributed by atoms with van der Waals surface area (Å²) in [5.74, 6) is 1.02. The van der Waals surface area contributed by atoms with Crippen LogP contribution >= 0.6 is 0 Å². The van der Waals surface area contributed by atoms with Crippen LogP contribution in [0.3, 0.4) is 0 Å². The van der Waals surface area contributed by atoms with E-state index in [4.69, 9.17) is 4.42 Å². The van der Waals surface area contributed by atoms with Gasteiger partial charge in [0.25, 0.3) is 0 Å². The molecule has 1 saturated heterocycles. The lowest BCUT2D eigenvalue weighted by molar-refractivity contribution is 0.252. The predicted octanol–water partition coefficient (Wildman–Crippen LogP) is 2.97. The highest BCUT2D eigenvalue weighted by atomic mass is 16.3. The highest BCUT2D eigenvalue weighted by Crippen LogP contribution is 2.15. The van der Waals surface area contributed by atoms with Gasteiger partial charge in [0.1, 0.15) is 5.76 Å². The van der Waals surface area contributed by atoms with Gasteiger partial charge in [-0.15, -0.1) is 0 Å². The number of hydrogen-bond donors (Lipinski definition) is 1. The number of nitrogens with one attached hydrogen (secondary N) is 1. The van der Waals surface area contributed by atoms with Gasteiger partial charge >= 0.3 is 0 Å². The predicted molar refractivity (Wildman–Crippen MR) is 94.7 cm³/mol. The smallest absolute Gasteiger partial charge is 0.117 e. The molecule has 0 saturated carbocycles. The molecular weight excluding hydrogens is 286 g/mol. The average Bonchev–Trinajstić information content (AvgIpc) is 3.13. The highest BCUT2D eigenvalue weighted by molar-refractivity contribution is 5.46. The summed E-state index contributed by atoms with van der Waals surface area (Å²) in [6.07, 6.45) is 4.21. The lowest BCUT2D eigenvalue weighted by Gasteiger charge is -2.36. The summed E-state index contributed by atoms with van der Waals surface area (Å²) in [6.45, 7) is 7.74. The second kappa shape index (κ2) is 8.75. The van der Waals surface area contributed by atoms with Gasteiger partial charge in [-0.3, -0.25) is 4.90 Å². The van der Waals surface area contributed by atoms with Crippen LogP contribution in [0.15, 0.2) is 53.1 Å². The Labute approximate surface area is 139 Å². The third-order valence-corrected chi connectivity index (χ3v) is 4.45. The van der Waals surface area contributed by atoms with Crippen LogP contribution in [0.25, 0.3) is 0 Å². The molecular formula is C19H27N3O. The van der Waals surface area contributed by atoms with E-state index in [2.05, 4.69) is 45.4 Å². The van der Waals surface area contributed by atoms with E-state index in [1.54, 1.807) is 6.26 Å². The summed E-state index contributed by atoms with van der Waals surface area (Å²) < 4.78 is 5.31. The van der Waals surface area contributed by atoms with Gasteiger partial charge in [-0.25, -0.2) is 0 Å². The van der Waals surface area contributed by atoms with E-state index in [0.29, 0.717) is 0 Å². The molecule has 2 heterocycles. The quantitative estimate of drug-likeness (QED) is 0.759. The molecule has 4 nitrogen and oxygen atoms in total. The highest BCUT2D eigenvalue weighted by Gasteiger charge is 2.16. The summed E-state index contributed by atoms with van der Waals surface area (Å²) in [4.78, 5) is 5.08. The first kappa shape index (κ1) is 16.1. The van der Waals surface area contributed by atoms with Gasteiger partial charge in [0.05, 0.1) is 12.8 Å². The first-order valence-corrected chi connectivity index (χ1v) is 8.67. The van der Waals surface area contributed by atoms with Gasteiger partial charge in [-0.2, -0.15) is 0 Å². The van der Waals surface area contributed by atoms with Gasteiger partial charge in [-0.05, 0) is 50.2 Å². The molecule has 0 aliphatic carbocycles. The molecule has 124 valence electrons. The maximum atomic E-state index is 5.31. The second-order valence-corrected chi connectivity index (χ2v) is 6.13. The van der Waals surface area contributed by atoms with Crippen LogP contribution in [0.5, 0.6) is 0 Å². The minimum absolute atomic E-state index is 0.836. The van der Waals surface area contributed by atoms with Crippen LogP contribution in [0, 0.1) is 0 Å². The van der Waals surface area contributed by atoms with Crippen molar-refractivity contribution in [2.75, 3.05) is 44.2 Å². The molecule has 1 aromatic heterocycles. The van der Waals surface area contributed by atoms with Gasteiger partial charge in [0, 0.05) is 31.9 Å². The molecule has 3 rings (SSSR count). The second-order valence-electron chi connectivity index (χ2n) is 6.13. The maximum Gasteiger partial charge on any atom is 0.117 e. The molecule has 0 spiro atoms. The van der Waals surface area contributed by atoms with Gasteiger partial charge in [0.2, 0.25) is 0 Å². The Morgan fingerprint density at radius 1 is 0.913 bits per heavy atom. The van der Waals surface area contributed by atoms with Crippen LogP contribution in [-0.4, -0.2) is 44.2 Å². The van der Waals surface area contributed by atoms with E-state index >= 15 is 0 Å². The summed E-state index contributed by atoms with van der Waals surface area (Å²) >= 11 is 0. The van der Waals surface area contributed by atoms with Crippen molar-refractivity contribution in [1.29, 1.82) is 0 Å². The molecule has 0 atom stereocenters. The largest absolute Gasteiger partial charge is 0.468 e. The van der Waals surface area contributed by atoms with Crippen molar-refractivity contribution in [1.82, 2.24) is 10.2 Å². The fraction of sp³-hybridized carbons (Fsp3) is 0.474. The number of hydrogen-bond acceptors (Lipinski definition) is 4. The normalized spacial score (nSPS) is 15.9. The van der Waals surface area contributed by atoms with Crippen LogP contribution < -0.4 is 10.2 Å². The Kier molecular flexibility index (Phi) is 6.12. The van der Waals surface area contributed by atoms with Crippen molar-refractivity contribution >= 4 is 5.69 Å². The van der Waals surface area contributed by atoms with Gasteiger partial charge < -0.3 is 14.6 Å². The molecule has 4 heteroatoms. The zero-order valence-electron chi connectivity index (χ0n) is 13.8. The van der Waals surface area contributed by atoms with Crippen molar-refractivity contribution in [3.8, 4) is 0 Å². The standard InChI is InChI=1S/C19H27N3O/c1-2-7-18(8-3-1)22-14-12-21(13-15-22)11-5-4-10-20-17-19-9-6-16-23-19/h1-3,6-9,16,20H,4-5,10-15,17H2. The number of anilines is 1. The fourth-order valence-corrected chi connectivity index (χ4v) is 3.08. The monoisotopic (exact) mass is 313 g/mol. The molecule has 0 bridgehead atoms. The molecule has 1 N–H and O–H groups in total. The maximum absolute atomic E-state index is 5.31. The minimum Gasteiger partial charge on any atom is -0.468 e. The molecule has 1 aliphatic rings. The summed E-state index contributed by atoms with van der Waals surface area (Å²) in [5, 5.41) is 3.43. The molecule has 0 unspecified atom stereocenters. The Bertz CT molecular complexity index is 533. The zero-order valence-corrected chi connectivity index (χ0v) is 13.8. The number of piperazine rings is 1. The molecule has 0 amide bonds. The first-order chi connectivity index (χ1) is 11.4. The third-order valence-electron chi connectivity index (χ3n) is 4.45. The number of unbranched alkanes of at least 4 members (excludes halogenated alkanes) is 1. The van der Waals surface area contributed by atoms with Crippen LogP contribution in [0.1, 0.15) is 18.6 Å². The van der Waals surface area contributed by atoms with Gasteiger partial charge in [0.15, 0.2) is 0 Å². The van der Waals surface area contributed by atoms with E-state index in [0.717, 1.165) is 31.9 Å². The Hall–Kier alpha value is -1.78. The molecule has 1 fully saturated rings. The van der Waals surface area contributed by atoms with E-state index in [1.807, 2.05) is 12.1 Å². The number of nitrogens with zero attached hydrogens (tertiary/aromatic N) is 2. The number of benzene rings is 1. The van der Waals surface area contributed by atoms with Crippen molar-refractivity contribution in [3.63, 3.8) is 0 Å². The summed E-state index contributed by atoms with van der Waals surface area (Å²) in [5.41, 5.74) is 1.36. The van der Waals surface area contributed by atoms with Crippen LogP contribution in [-0.2, 0) is 6.54 Å². The molecule has 0 radical (unpaired) electrons. The SMILES string of the molecule is c1ccc(N2CCN(CCCCNCc3ccco3)CC2)cc1. The lowest BCUT2D eigenvalue weighted by Crippen LogP contribution is -2.46. The van der Waals surface area contributed by atoms with E-state index in [9.17, 15) is 0 Å². The van der Waals surface area contributed by atoms with Gasteiger partial charge in [-0.1, -0.05) is 18.2 Å². The third kappa shape index (κ3) is 5.12. The number of furan rings is 1. The average molecular weight is 313 g/mol. The van der Waals surface area contributed by atoms with Crippen molar-refractivity contribution in [3.05, 3.63) is 54.5 Å². The Balaban J connectivity index is 1.25.